The van der Waals surface area contributed by atoms with Gasteiger partial charge in [-0.3, -0.25) is 0 Å². The molecule has 0 fully saturated rings. The van der Waals surface area contributed by atoms with Gasteiger partial charge in [-0.05, 0) is 28.3 Å². The molecule has 12 heteroatoms. The molecule has 0 aliphatic rings. The molecule has 0 aliphatic heterocycles. The molecule has 5 rings (SSSR count). The van der Waals surface area contributed by atoms with Crippen molar-refractivity contribution in [2.24, 2.45) is 5.73 Å². The SMILES string of the molecule is CCCCc1nc(Cl)c([C@@](N)(Cc2ncc[nH]2)C(=O)OC)n1Cc1ccc(-c2ccccc2-c2nn[nH]n2)cc1. The number of unbranched alkanes of at least 4 members (excludes halogenated alkanes) is 1. The number of nitrogens with zero attached hydrogens (tertiary/aromatic N) is 6. The van der Waals surface area contributed by atoms with E-state index in [1.807, 2.05) is 53.1 Å². The average molecular weight is 560 g/mol. The van der Waals surface area contributed by atoms with Crippen molar-refractivity contribution in [2.75, 3.05) is 7.11 Å². The van der Waals surface area contributed by atoms with Crippen LogP contribution in [0, 0.1) is 0 Å². The largest absolute Gasteiger partial charge is 0.467 e. The Morgan fingerprint density at radius 2 is 1.93 bits per heavy atom. The minimum absolute atomic E-state index is 0.0666. The first-order chi connectivity index (χ1) is 19.4. The van der Waals surface area contributed by atoms with Gasteiger partial charge in [0.25, 0.3) is 0 Å². The molecule has 0 bridgehead atoms. The molecule has 0 aliphatic carbocycles. The third kappa shape index (κ3) is 5.38. The smallest absolute Gasteiger partial charge is 0.332 e. The van der Waals surface area contributed by atoms with Gasteiger partial charge in [0.05, 0.1) is 12.8 Å². The van der Waals surface area contributed by atoms with E-state index in [2.05, 4.69) is 42.5 Å². The molecule has 2 aromatic carbocycles. The Labute approximate surface area is 236 Å². The second-order valence-electron chi connectivity index (χ2n) is 9.51. The van der Waals surface area contributed by atoms with E-state index in [0.717, 1.165) is 40.9 Å². The summed E-state index contributed by atoms with van der Waals surface area (Å²) in [4.78, 5) is 25.1. The number of benzene rings is 2. The van der Waals surface area contributed by atoms with Crippen LogP contribution in [0.3, 0.4) is 0 Å². The van der Waals surface area contributed by atoms with Crippen LogP contribution in [-0.2, 0) is 34.5 Å². The molecule has 0 unspecified atom stereocenters. The van der Waals surface area contributed by atoms with Crippen molar-refractivity contribution in [3.63, 3.8) is 0 Å². The maximum absolute atomic E-state index is 13.2. The fourth-order valence-electron chi connectivity index (χ4n) is 4.86. The van der Waals surface area contributed by atoms with Crippen molar-refractivity contribution < 1.29 is 9.53 Å². The first-order valence-corrected chi connectivity index (χ1v) is 13.4. The van der Waals surface area contributed by atoms with Gasteiger partial charge in [-0.15, -0.1) is 10.2 Å². The van der Waals surface area contributed by atoms with Crippen molar-refractivity contribution in [1.82, 2.24) is 40.1 Å². The van der Waals surface area contributed by atoms with Gasteiger partial charge in [-0.25, -0.2) is 14.8 Å². The van der Waals surface area contributed by atoms with E-state index in [4.69, 9.17) is 22.1 Å². The number of hydrogen-bond acceptors (Lipinski definition) is 8. The Morgan fingerprint density at radius 3 is 2.58 bits per heavy atom. The molecule has 11 nitrogen and oxygen atoms in total. The van der Waals surface area contributed by atoms with Crippen LogP contribution in [0.4, 0.5) is 0 Å². The van der Waals surface area contributed by atoms with E-state index in [1.165, 1.54) is 7.11 Å². The number of aromatic nitrogens is 8. The van der Waals surface area contributed by atoms with Crippen LogP contribution in [0.2, 0.25) is 5.15 Å². The topological polar surface area (TPSA) is 153 Å². The van der Waals surface area contributed by atoms with E-state index in [-0.39, 0.29) is 11.6 Å². The van der Waals surface area contributed by atoms with Crippen molar-refractivity contribution in [3.8, 4) is 22.5 Å². The maximum Gasteiger partial charge on any atom is 0.332 e. The van der Waals surface area contributed by atoms with E-state index in [1.54, 1.807) is 12.4 Å². The summed E-state index contributed by atoms with van der Waals surface area (Å²) >= 11 is 6.72. The van der Waals surface area contributed by atoms with Gasteiger partial charge in [0.1, 0.15) is 11.6 Å². The molecule has 3 aromatic heterocycles. The molecule has 1 atom stereocenters. The normalized spacial score (nSPS) is 12.8. The first-order valence-electron chi connectivity index (χ1n) is 13.0. The zero-order chi connectivity index (χ0) is 28.1. The second-order valence-corrected chi connectivity index (χ2v) is 9.87. The lowest BCUT2D eigenvalue weighted by Crippen LogP contribution is -2.49. The molecule has 0 saturated carbocycles. The summed E-state index contributed by atoms with van der Waals surface area (Å²) in [5.41, 5.74) is 9.46. The van der Waals surface area contributed by atoms with E-state index in [0.29, 0.717) is 30.3 Å². The summed E-state index contributed by atoms with van der Waals surface area (Å²) in [6.07, 6.45) is 5.92. The molecule has 206 valence electrons. The number of imidazole rings is 2. The molecule has 5 aromatic rings. The minimum atomic E-state index is -1.61. The highest BCUT2D eigenvalue weighted by molar-refractivity contribution is 6.30. The van der Waals surface area contributed by atoms with E-state index >= 15 is 0 Å². The molecule has 0 radical (unpaired) electrons. The zero-order valence-electron chi connectivity index (χ0n) is 22.3. The van der Waals surface area contributed by atoms with Crippen molar-refractivity contribution >= 4 is 17.6 Å². The zero-order valence-corrected chi connectivity index (χ0v) is 23.0. The number of esters is 1. The summed E-state index contributed by atoms with van der Waals surface area (Å²) in [7, 11) is 1.31. The van der Waals surface area contributed by atoms with Gasteiger partial charge in [0.2, 0.25) is 5.82 Å². The highest BCUT2D eigenvalue weighted by Crippen LogP contribution is 2.33. The number of rotatable bonds is 11. The van der Waals surface area contributed by atoms with Crippen LogP contribution in [0.25, 0.3) is 22.5 Å². The number of nitrogens with two attached hydrogens (primary N) is 1. The molecular weight excluding hydrogens is 530 g/mol. The molecule has 0 saturated heterocycles. The lowest BCUT2D eigenvalue weighted by molar-refractivity contribution is -0.147. The lowest BCUT2D eigenvalue weighted by Gasteiger charge is -2.28. The third-order valence-corrected chi connectivity index (χ3v) is 7.11. The monoisotopic (exact) mass is 559 g/mol. The predicted octanol–water partition coefficient (Wildman–Crippen LogP) is 4.07. The number of H-pyrrole nitrogens is 2. The number of methoxy groups -OCH3 is 1. The molecule has 0 spiro atoms. The average Bonchev–Trinajstić information content (AvgIpc) is 3.74. The first kappa shape index (κ1) is 27.2. The minimum Gasteiger partial charge on any atom is -0.467 e. The van der Waals surface area contributed by atoms with Gasteiger partial charge in [0.15, 0.2) is 10.7 Å². The van der Waals surface area contributed by atoms with Gasteiger partial charge < -0.3 is 20.0 Å². The third-order valence-electron chi connectivity index (χ3n) is 6.85. The summed E-state index contributed by atoms with van der Waals surface area (Å²) in [5.74, 6) is 1.20. The van der Waals surface area contributed by atoms with Crippen LogP contribution in [0.5, 0.6) is 0 Å². The summed E-state index contributed by atoms with van der Waals surface area (Å²) in [5, 5.41) is 14.7. The number of nitrogens with one attached hydrogen (secondary N) is 2. The van der Waals surface area contributed by atoms with Crippen molar-refractivity contribution in [1.29, 1.82) is 0 Å². The second kappa shape index (κ2) is 11.8. The van der Waals surface area contributed by atoms with E-state index < -0.39 is 11.5 Å². The molecule has 4 N–H and O–H groups in total. The van der Waals surface area contributed by atoms with Crippen LogP contribution in [-0.4, -0.2) is 53.2 Å². The molecule has 3 heterocycles. The number of aromatic amines is 2. The summed E-state index contributed by atoms with van der Waals surface area (Å²) in [6.45, 7) is 2.52. The van der Waals surface area contributed by atoms with Crippen LogP contribution in [0.1, 0.15) is 42.7 Å². The van der Waals surface area contributed by atoms with Crippen molar-refractivity contribution in [2.45, 2.75) is 44.7 Å². The predicted molar refractivity (Wildman–Crippen MR) is 150 cm³/mol. The number of carbonyl (C=O) groups is 1. The van der Waals surface area contributed by atoms with Gasteiger partial charge >= 0.3 is 5.97 Å². The highest BCUT2D eigenvalue weighted by atomic mass is 35.5. The number of aryl methyl sites for hydroxylation is 1. The van der Waals surface area contributed by atoms with Crippen LogP contribution >= 0.6 is 11.6 Å². The number of halogens is 1. The molecule has 0 amide bonds. The Hall–Kier alpha value is -4.35. The van der Waals surface area contributed by atoms with Crippen LogP contribution < -0.4 is 5.73 Å². The lowest BCUT2D eigenvalue weighted by atomic mass is 9.91. The Bertz CT molecular complexity index is 1560. The highest BCUT2D eigenvalue weighted by Gasteiger charge is 2.44. The fraction of sp³-hybridized carbons (Fsp3) is 0.286. The standard InChI is InChI=1S/C28H30ClN9O2/c1-3-4-9-23-33-25(29)24(28(30,27(39)40-2)16-22-31-14-15-32-22)38(23)17-18-10-12-19(13-11-18)20-7-5-6-8-21(20)26-34-36-37-35-26/h5-8,10-15H,3-4,9,16-17,30H2,1-2H3,(H,31,32)(H,34,35,36,37)/t28-/m0/s1. The number of hydrogen-bond donors (Lipinski definition) is 3. The van der Waals surface area contributed by atoms with E-state index in [9.17, 15) is 4.79 Å². The number of ether oxygens (including phenoxy) is 1. The summed E-state index contributed by atoms with van der Waals surface area (Å²) in [6, 6.07) is 16.0. The van der Waals surface area contributed by atoms with Crippen LogP contribution in [0.15, 0.2) is 60.9 Å². The van der Waals surface area contributed by atoms with Gasteiger partial charge in [0, 0.05) is 37.3 Å². The van der Waals surface area contributed by atoms with Gasteiger partial charge in [-0.2, -0.15) is 5.21 Å². The molecular formula is C28H30ClN9O2. The number of tetrazole rings is 1. The van der Waals surface area contributed by atoms with Crippen molar-refractivity contribution in [3.05, 3.63) is 89.0 Å². The Kier molecular flexibility index (Phi) is 8.04. The van der Waals surface area contributed by atoms with Gasteiger partial charge in [-0.1, -0.05) is 73.5 Å². The Balaban J connectivity index is 1.53. The summed E-state index contributed by atoms with van der Waals surface area (Å²) < 4.78 is 7.10. The fourth-order valence-corrected chi connectivity index (χ4v) is 5.23. The maximum atomic E-state index is 13.2. The number of carbonyl (C=O) groups excluding carboxylic acids is 1. The molecule has 40 heavy (non-hydrogen) atoms. The quantitative estimate of drug-likeness (QED) is 0.205. The Morgan fingerprint density at radius 1 is 1.15 bits per heavy atom.